The number of nitrogens with two attached hydrogens (primary N) is 1. The van der Waals surface area contributed by atoms with Crippen molar-refractivity contribution >= 4 is 12.2 Å². The van der Waals surface area contributed by atoms with Gasteiger partial charge in [0.1, 0.15) is 24.3 Å². The molecule has 3 N–H and O–H groups in total. The average Bonchev–Trinajstić information content (AvgIpc) is 2.96. The van der Waals surface area contributed by atoms with E-state index < -0.39 is 6.03 Å². The summed E-state index contributed by atoms with van der Waals surface area (Å²) in [6.45, 7) is -0.0533. The quantitative estimate of drug-likeness (QED) is 0.368. The fourth-order valence-electron chi connectivity index (χ4n) is 1.56. The predicted molar refractivity (Wildman–Crippen MR) is 75.8 cm³/mol. The van der Waals surface area contributed by atoms with Crippen LogP contribution in [0.1, 0.15) is 5.76 Å². The first-order chi connectivity index (χ1) is 10.2. The SMILES string of the molecule is NC(=O)N(O)CCO/N=C/c1ccc(-c2ccccc2)o1. The fourth-order valence-corrected chi connectivity index (χ4v) is 1.56. The second-order valence-corrected chi connectivity index (χ2v) is 4.10. The lowest BCUT2D eigenvalue weighted by Gasteiger charge is -2.09. The maximum Gasteiger partial charge on any atom is 0.338 e. The molecule has 0 saturated carbocycles. The van der Waals surface area contributed by atoms with Gasteiger partial charge >= 0.3 is 6.03 Å². The molecule has 1 aromatic heterocycles. The van der Waals surface area contributed by atoms with E-state index in [9.17, 15) is 4.79 Å². The van der Waals surface area contributed by atoms with Gasteiger partial charge in [0.15, 0.2) is 0 Å². The first-order valence-electron chi connectivity index (χ1n) is 6.23. The molecule has 0 atom stereocenters. The number of nitrogens with zero attached hydrogens (tertiary/aromatic N) is 2. The van der Waals surface area contributed by atoms with Crippen LogP contribution in [-0.2, 0) is 4.84 Å². The van der Waals surface area contributed by atoms with Gasteiger partial charge in [-0.25, -0.2) is 9.86 Å². The molecule has 0 fully saturated rings. The van der Waals surface area contributed by atoms with Crippen LogP contribution in [-0.4, -0.2) is 35.7 Å². The maximum atomic E-state index is 10.5. The van der Waals surface area contributed by atoms with Crippen molar-refractivity contribution in [2.75, 3.05) is 13.2 Å². The van der Waals surface area contributed by atoms with Gasteiger partial charge in [-0.2, -0.15) is 0 Å². The Balaban J connectivity index is 1.83. The van der Waals surface area contributed by atoms with Gasteiger partial charge in [0.2, 0.25) is 0 Å². The van der Waals surface area contributed by atoms with E-state index in [4.69, 9.17) is 20.2 Å². The summed E-state index contributed by atoms with van der Waals surface area (Å²) in [5, 5.41) is 13.0. The Bertz CT molecular complexity index is 610. The normalized spacial score (nSPS) is 10.7. The third kappa shape index (κ3) is 4.36. The average molecular weight is 289 g/mol. The number of furan rings is 1. The molecule has 2 aromatic rings. The molecule has 1 aromatic carbocycles. The van der Waals surface area contributed by atoms with Gasteiger partial charge in [0, 0.05) is 5.56 Å². The van der Waals surface area contributed by atoms with Crippen molar-refractivity contribution in [3.8, 4) is 11.3 Å². The number of rotatable bonds is 6. The van der Waals surface area contributed by atoms with Gasteiger partial charge in [0.05, 0.1) is 6.54 Å². The third-order valence-corrected chi connectivity index (χ3v) is 2.59. The van der Waals surface area contributed by atoms with Crippen molar-refractivity contribution in [2.45, 2.75) is 0 Å². The fraction of sp³-hybridized carbons (Fsp3) is 0.143. The maximum absolute atomic E-state index is 10.5. The molecule has 7 heteroatoms. The molecule has 0 aliphatic heterocycles. The van der Waals surface area contributed by atoms with Crippen LogP contribution in [0.4, 0.5) is 4.79 Å². The van der Waals surface area contributed by atoms with E-state index in [-0.39, 0.29) is 13.2 Å². The minimum absolute atomic E-state index is 0.0161. The summed E-state index contributed by atoms with van der Waals surface area (Å²) in [5.41, 5.74) is 5.80. The summed E-state index contributed by atoms with van der Waals surface area (Å²) >= 11 is 0. The van der Waals surface area contributed by atoms with E-state index in [2.05, 4.69) is 5.16 Å². The Morgan fingerprint density at radius 2 is 2.10 bits per heavy atom. The van der Waals surface area contributed by atoms with Crippen LogP contribution in [0.5, 0.6) is 0 Å². The van der Waals surface area contributed by atoms with Crippen molar-refractivity contribution in [1.82, 2.24) is 5.06 Å². The number of hydrogen-bond acceptors (Lipinski definition) is 5. The highest BCUT2D eigenvalue weighted by Crippen LogP contribution is 2.20. The zero-order valence-corrected chi connectivity index (χ0v) is 11.2. The second-order valence-electron chi connectivity index (χ2n) is 4.10. The van der Waals surface area contributed by atoms with Crippen molar-refractivity contribution in [1.29, 1.82) is 0 Å². The van der Waals surface area contributed by atoms with Crippen molar-refractivity contribution in [3.63, 3.8) is 0 Å². The van der Waals surface area contributed by atoms with Crippen molar-refractivity contribution < 1.29 is 19.3 Å². The molecule has 0 unspecified atom stereocenters. The molecular weight excluding hydrogens is 274 g/mol. The number of hydroxylamine groups is 2. The summed E-state index contributed by atoms with van der Waals surface area (Å²) in [5.74, 6) is 1.26. The molecule has 0 radical (unpaired) electrons. The molecular formula is C14H15N3O4. The number of primary amides is 1. The van der Waals surface area contributed by atoms with Crippen LogP contribution in [0.2, 0.25) is 0 Å². The van der Waals surface area contributed by atoms with Gasteiger partial charge in [0.25, 0.3) is 0 Å². The van der Waals surface area contributed by atoms with E-state index in [0.717, 1.165) is 11.3 Å². The Morgan fingerprint density at radius 1 is 1.33 bits per heavy atom. The number of hydrogen-bond donors (Lipinski definition) is 2. The molecule has 0 bridgehead atoms. The highest BCUT2D eigenvalue weighted by atomic mass is 16.6. The summed E-state index contributed by atoms with van der Waals surface area (Å²) in [6, 6.07) is 12.3. The molecule has 0 saturated heterocycles. The van der Waals surface area contributed by atoms with Crippen LogP contribution >= 0.6 is 0 Å². The monoisotopic (exact) mass is 289 g/mol. The minimum Gasteiger partial charge on any atom is -0.455 e. The summed E-state index contributed by atoms with van der Waals surface area (Å²) < 4.78 is 5.57. The van der Waals surface area contributed by atoms with Crippen LogP contribution < -0.4 is 5.73 Å². The van der Waals surface area contributed by atoms with Gasteiger partial charge in [-0.05, 0) is 12.1 Å². The van der Waals surface area contributed by atoms with E-state index in [1.165, 1.54) is 6.21 Å². The Kier molecular flexibility index (Phi) is 4.94. The Morgan fingerprint density at radius 3 is 2.81 bits per heavy atom. The molecule has 1 heterocycles. The van der Waals surface area contributed by atoms with Gasteiger partial charge in [-0.1, -0.05) is 35.5 Å². The smallest absolute Gasteiger partial charge is 0.338 e. The third-order valence-electron chi connectivity index (χ3n) is 2.59. The Labute approximate surface area is 121 Å². The molecule has 110 valence electrons. The lowest BCUT2D eigenvalue weighted by atomic mass is 10.2. The largest absolute Gasteiger partial charge is 0.455 e. The molecule has 0 spiro atoms. The van der Waals surface area contributed by atoms with Crippen LogP contribution in [0.3, 0.4) is 0 Å². The van der Waals surface area contributed by atoms with E-state index in [0.29, 0.717) is 10.8 Å². The van der Waals surface area contributed by atoms with Crippen molar-refractivity contribution in [3.05, 3.63) is 48.2 Å². The van der Waals surface area contributed by atoms with Crippen LogP contribution in [0, 0.1) is 0 Å². The van der Waals surface area contributed by atoms with Gasteiger partial charge in [-0.15, -0.1) is 0 Å². The minimum atomic E-state index is -0.943. The second kappa shape index (κ2) is 7.11. The first-order valence-corrected chi connectivity index (χ1v) is 6.23. The molecule has 7 nitrogen and oxygen atoms in total. The van der Waals surface area contributed by atoms with E-state index in [1.807, 2.05) is 36.4 Å². The van der Waals surface area contributed by atoms with Crippen LogP contribution in [0.25, 0.3) is 11.3 Å². The Hall–Kier alpha value is -2.80. The highest BCUT2D eigenvalue weighted by molar-refractivity contribution is 5.76. The number of urea groups is 1. The standard InChI is InChI=1S/C14H15N3O4/c15-14(18)17(19)8-9-20-16-10-12-6-7-13(21-12)11-4-2-1-3-5-11/h1-7,10,19H,8-9H2,(H2,15,18)/b16-10+. The van der Waals surface area contributed by atoms with E-state index >= 15 is 0 Å². The number of amides is 2. The van der Waals surface area contributed by atoms with Crippen molar-refractivity contribution in [2.24, 2.45) is 10.9 Å². The molecule has 21 heavy (non-hydrogen) atoms. The molecule has 2 rings (SSSR count). The zero-order valence-electron chi connectivity index (χ0n) is 11.2. The topological polar surface area (TPSA) is 101 Å². The van der Waals surface area contributed by atoms with Crippen LogP contribution in [0.15, 0.2) is 52.0 Å². The van der Waals surface area contributed by atoms with Gasteiger partial charge in [-0.3, -0.25) is 5.21 Å². The summed E-state index contributed by atoms with van der Waals surface area (Å²) in [4.78, 5) is 15.4. The molecule has 2 amide bonds. The summed E-state index contributed by atoms with van der Waals surface area (Å²) in [7, 11) is 0. The van der Waals surface area contributed by atoms with E-state index in [1.54, 1.807) is 6.07 Å². The molecule has 0 aliphatic carbocycles. The predicted octanol–water partition coefficient (Wildman–Crippen LogP) is 2.07. The van der Waals surface area contributed by atoms with Gasteiger partial charge < -0.3 is 15.0 Å². The lowest BCUT2D eigenvalue weighted by Crippen LogP contribution is -2.34. The number of benzene rings is 1. The number of carbonyl (C=O) groups is 1. The summed E-state index contributed by atoms with van der Waals surface area (Å²) in [6.07, 6.45) is 1.40. The highest BCUT2D eigenvalue weighted by Gasteiger charge is 2.04. The number of carbonyl (C=O) groups excluding carboxylic acids is 1. The zero-order chi connectivity index (χ0) is 15.1. The lowest BCUT2D eigenvalue weighted by molar-refractivity contribution is -0.0560. The number of oxime groups is 1. The molecule has 0 aliphatic rings. The first kappa shape index (κ1) is 14.6.